The summed E-state index contributed by atoms with van der Waals surface area (Å²) < 4.78 is 6.93. The molecule has 1 fully saturated rings. The summed E-state index contributed by atoms with van der Waals surface area (Å²) in [6.07, 6.45) is 6.05. The Morgan fingerprint density at radius 2 is 2.07 bits per heavy atom. The Balaban J connectivity index is 1.53. The second-order valence-electron chi connectivity index (χ2n) is 6.81. The third kappa shape index (κ3) is 4.07. The zero-order valence-electron chi connectivity index (χ0n) is 16.2. The molecular weight excluding hydrogens is 388 g/mol. The standard InChI is InChI=1S/C21H22N4O3S/c1-2-28-21(27)18-10-6-7-11-24(18)20(26)17-14-29-19(23-17)15-12-22-25(13-15)16-8-4-3-5-9-16/h3-5,8-9,12-14,18H,2,6-7,10-11H2,1H3. The van der Waals surface area contributed by atoms with Crippen molar-refractivity contribution in [2.75, 3.05) is 13.2 Å². The van der Waals surface area contributed by atoms with Gasteiger partial charge in [0.2, 0.25) is 0 Å². The van der Waals surface area contributed by atoms with E-state index in [1.807, 2.05) is 36.5 Å². The topological polar surface area (TPSA) is 77.3 Å². The highest BCUT2D eigenvalue weighted by atomic mass is 32.1. The first-order valence-corrected chi connectivity index (χ1v) is 10.6. The highest BCUT2D eigenvalue weighted by Crippen LogP contribution is 2.27. The van der Waals surface area contributed by atoms with E-state index in [1.54, 1.807) is 28.1 Å². The zero-order chi connectivity index (χ0) is 20.2. The van der Waals surface area contributed by atoms with E-state index < -0.39 is 6.04 Å². The predicted octanol–water partition coefficient (Wildman–Crippen LogP) is 3.55. The number of hydrogen-bond acceptors (Lipinski definition) is 6. The number of benzene rings is 1. The lowest BCUT2D eigenvalue weighted by molar-refractivity contribution is -0.149. The summed E-state index contributed by atoms with van der Waals surface area (Å²) in [4.78, 5) is 31.4. The van der Waals surface area contributed by atoms with E-state index in [2.05, 4.69) is 10.1 Å². The molecule has 1 aliphatic rings. The van der Waals surface area contributed by atoms with Crippen LogP contribution in [-0.4, -0.2) is 50.7 Å². The van der Waals surface area contributed by atoms with Crippen molar-refractivity contribution in [3.63, 3.8) is 0 Å². The Bertz CT molecular complexity index is 998. The lowest BCUT2D eigenvalue weighted by Gasteiger charge is -2.33. The summed E-state index contributed by atoms with van der Waals surface area (Å²) in [7, 11) is 0. The first-order valence-electron chi connectivity index (χ1n) is 9.71. The molecule has 0 saturated carbocycles. The molecule has 1 aliphatic heterocycles. The van der Waals surface area contributed by atoms with Crippen molar-refractivity contribution in [2.24, 2.45) is 0 Å². The smallest absolute Gasteiger partial charge is 0.328 e. The van der Waals surface area contributed by atoms with Gasteiger partial charge in [0.05, 0.1) is 18.5 Å². The van der Waals surface area contributed by atoms with Gasteiger partial charge in [0.1, 0.15) is 16.7 Å². The molecule has 1 aromatic carbocycles. The summed E-state index contributed by atoms with van der Waals surface area (Å²) in [5, 5.41) is 6.86. The number of ether oxygens (including phenoxy) is 1. The molecule has 0 bridgehead atoms. The van der Waals surface area contributed by atoms with Crippen LogP contribution in [-0.2, 0) is 9.53 Å². The third-order valence-electron chi connectivity index (χ3n) is 4.90. The number of esters is 1. The van der Waals surface area contributed by atoms with Crippen molar-refractivity contribution in [3.8, 4) is 16.3 Å². The van der Waals surface area contributed by atoms with Crippen LogP contribution in [0.2, 0.25) is 0 Å². The monoisotopic (exact) mass is 410 g/mol. The van der Waals surface area contributed by atoms with Crippen LogP contribution in [0.4, 0.5) is 0 Å². The molecule has 1 amide bonds. The molecule has 150 valence electrons. The summed E-state index contributed by atoms with van der Waals surface area (Å²) >= 11 is 1.40. The van der Waals surface area contributed by atoms with E-state index in [1.165, 1.54) is 11.3 Å². The van der Waals surface area contributed by atoms with E-state index in [9.17, 15) is 9.59 Å². The molecule has 0 radical (unpaired) electrons. The van der Waals surface area contributed by atoms with E-state index in [4.69, 9.17) is 4.74 Å². The number of amides is 1. The fraction of sp³-hybridized carbons (Fsp3) is 0.333. The fourth-order valence-corrected chi connectivity index (χ4v) is 4.23. The summed E-state index contributed by atoms with van der Waals surface area (Å²) in [6.45, 7) is 2.62. The van der Waals surface area contributed by atoms with Gasteiger partial charge < -0.3 is 9.64 Å². The van der Waals surface area contributed by atoms with Gasteiger partial charge in [-0.05, 0) is 38.3 Å². The van der Waals surface area contributed by atoms with E-state index in [-0.39, 0.29) is 11.9 Å². The minimum atomic E-state index is -0.526. The van der Waals surface area contributed by atoms with E-state index >= 15 is 0 Å². The number of piperidine rings is 1. The van der Waals surface area contributed by atoms with Crippen LogP contribution in [0, 0.1) is 0 Å². The SMILES string of the molecule is CCOC(=O)C1CCCCN1C(=O)c1csc(-c2cnn(-c3ccccc3)c2)n1. The average Bonchev–Trinajstić information content (AvgIpc) is 3.44. The first kappa shape index (κ1) is 19.3. The third-order valence-corrected chi connectivity index (χ3v) is 5.79. The van der Waals surface area contributed by atoms with Crippen molar-refractivity contribution in [1.29, 1.82) is 0 Å². The number of carbonyl (C=O) groups excluding carboxylic acids is 2. The molecule has 3 heterocycles. The van der Waals surface area contributed by atoms with Crippen molar-refractivity contribution < 1.29 is 14.3 Å². The maximum Gasteiger partial charge on any atom is 0.328 e. The lowest BCUT2D eigenvalue weighted by Crippen LogP contribution is -2.48. The minimum absolute atomic E-state index is 0.222. The van der Waals surface area contributed by atoms with Gasteiger partial charge in [0.25, 0.3) is 5.91 Å². The molecule has 7 nitrogen and oxygen atoms in total. The zero-order valence-corrected chi connectivity index (χ0v) is 17.0. The van der Waals surface area contributed by atoms with Gasteiger partial charge in [-0.15, -0.1) is 11.3 Å². The van der Waals surface area contributed by atoms with Crippen molar-refractivity contribution in [1.82, 2.24) is 19.7 Å². The Labute approximate surface area is 172 Å². The van der Waals surface area contributed by atoms with Crippen molar-refractivity contribution in [3.05, 3.63) is 53.8 Å². The average molecular weight is 410 g/mol. The molecule has 2 aromatic heterocycles. The number of likely N-dealkylation sites (tertiary alicyclic amines) is 1. The predicted molar refractivity (Wildman–Crippen MR) is 110 cm³/mol. The molecule has 8 heteroatoms. The second kappa shape index (κ2) is 8.57. The molecule has 1 unspecified atom stereocenters. The summed E-state index contributed by atoms with van der Waals surface area (Å²) in [5.41, 5.74) is 2.16. The van der Waals surface area contributed by atoms with Crippen LogP contribution < -0.4 is 0 Å². The first-order chi connectivity index (χ1) is 14.2. The van der Waals surface area contributed by atoms with Gasteiger partial charge >= 0.3 is 5.97 Å². The van der Waals surface area contributed by atoms with Crippen LogP contribution in [0.3, 0.4) is 0 Å². The summed E-state index contributed by atoms with van der Waals surface area (Å²) in [6, 6.07) is 9.28. The number of nitrogens with zero attached hydrogens (tertiary/aromatic N) is 4. The van der Waals surface area contributed by atoms with Gasteiger partial charge in [-0.25, -0.2) is 14.5 Å². The Kier molecular flexibility index (Phi) is 5.71. The quantitative estimate of drug-likeness (QED) is 0.601. The van der Waals surface area contributed by atoms with Gasteiger partial charge in [0, 0.05) is 23.7 Å². The number of aromatic nitrogens is 3. The number of hydrogen-bond donors (Lipinski definition) is 0. The van der Waals surface area contributed by atoms with Crippen LogP contribution in [0.25, 0.3) is 16.3 Å². The molecule has 0 N–H and O–H groups in total. The number of carbonyl (C=O) groups is 2. The molecule has 1 atom stereocenters. The maximum atomic E-state index is 13.0. The normalized spacial score (nSPS) is 16.6. The van der Waals surface area contributed by atoms with Gasteiger partial charge in [-0.3, -0.25) is 4.79 Å². The Morgan fingerprint density at radius 3 is 2.86 bits per heavy atom. The highest BCUT2D eigenvalue weighted by Gasteiger charge is 2.34. The molecule has 0 spiro atoms. The Morgan fingerprint density at radius 1 is 1.24 bits per heavy atom. The van der Waals surface area contributed by atoms with Gasteiger partial charge in [-0.1, -0.05) is 18.2 Å². The number of rotatable bonds is 5. The Hall–Kier alpha value is -3.00. The maximum absolute atomic E-state index is 13.0. The van der Waals surface area contributed by atoms with E-state index in [0.717, 1.165) is 29.1 Å². The molecule has 4 rings (SSSR count). The number of thiazole rings is 1. The molecule has 3 aromatic rings. The van der Waals surface area contributed by atoms with Crippen molar-refractivity contribution >= 4 is 23.2 Å². The van der Waals surface area contributed by atoms with Gasteiger partial charge in [0.15, 0.2) is 0 Å². The molecule has 29 heavy (non-hydrogen) atoms. The summed E-state index contributed by atoms with van der Waals surface area (Å²) in [5.74, 6) is -0.555. The van der Waals surface area contributed by atoms with Crippen LogP contribution in [0.1, 0.15) is 36.7 Å². The second-order valence-corrected chi connectivity index (χ2v) is 7.67. The van der Waals surface area contributed by atoms with Crippen molar-refractivity contribution in [2.45, 2.75) is 32.2 Å². The van der Waals surface area contributed by atoms with Crippen LogP contribution in [0.15, 0.2) is 48.1 Å². The lowest BCUT2D eigenvalue weighted by atomic mass is 10.0. The minimum Gasteiger partial charge on any atom is -0.464 e. The highest BCUT2D eigenvalue weighted by molar-refractivity contribution is 7.13. The van der Waals surface area contributed by atoms with Gasteiger partial charge in [-0.2, -0.15) is 5.10 Å². The van der Waals surface area contributed by atoms with E-state index in [0.29, 0.717) is 25.3 Å². The fourth-order valence-electron chi connectivity index (χ4n) is 3.47. The molecule has 0 aliphatic carbocycles. The van der Waals surface area contributed by atoms with Crippen LogP contribution in [0.5, 0.6) is 0 Å². The molecular formula is C21H22N4O3S. The largest absolute Gasteiger partial charge is 0.464 e. The number of para-hydroxylation sites is 1. The molecule has 1 saturated heterocycles. The van der Waals surface area contributed by atoms with Crippen LogP contribution >= 0.6 is 11.3 Å².